The Balaban J connectivity index is 2.10. The first kappa shape index (κ1) is 12.7. The minimum atomic E-state index is -0.434. The number of nitro benzene ring substituents is 1. The molecule has 0 saturated carbocycles. The molecule has 0 spiro atoms. The van der Waals surface area contributed by atoms with Crippen LogP contribution in [0.15, 0.2) is 30.6 Å². The average molecular weight is 260 g/mol. The average Bonchev–Trinajstić information content (AvgIpc) is 2.90. The van der Waals surface area contributed by atoms with Gasteiger partial charge in [-0.25, -0.2) is 0 Å². The van der Waals surface area contributed by atoms with Crippen molar-refractivity contribution in [2.45, 2.75) is 13.5 Å². The molecular weight excluding hydrogens is 248 g/mol. The quantitative estimate of drug-likeness (QED) is 0.643. The van der Waals surface area contributed by atoms with Crippen molar-refractivity contribution >= 4 is 11.6 Å². The van der Waals surface area contributed by atoms with Gasteiger partial charge >= 0.3 is 0 Å². The van der Waals surface area contributed by atoms with Gasteiger partial charge in [0, 0.05) is 24.4 Å². The zero-order chi connectivity index (χ0) is 13.8. The van der Waals surface area contributed by atoms with Gasteiger partial charge in [-0.3, -0.25) is 20.0 Å². The van der Waals surface area contributed by atoms with E-state index in [2.05, 4.69) is 15.5 Å². The molecular formula is C12H12N4O3. The van der Waals surface area contributed by atoms with Crippen molar-refractivity contribution in [1.29, 1.82) is 0 Å². The number of H-pyrrole nitrogens is 1. The molecule has 0 radical (unpaired) electrons. The largest absolute Gasteiger partial charge is 0.348 e. The van der Waals surface area contributed by atoms with Crippen LogP contribution >= 0.6 is 0 Å². The second-order valence-corrected chi connectivity index (χ2v) is 3.99. The molecule has 7 nitrogen and oxygen atoms in total. The Labute approximate surface area is 108 Å². The topological polar surface area (TPSA) is 101 Å². The Hall–Kier alpha value is -2.70. The maximum atomic E-state index is 11.7. The van der Waals surface area contributed by atoms with Crippen LogP contribution in [0, 0.1) is 17.0 Å². The summed E-state index contributed by atoms with van der Waals surface area (Å²) in [7, 11) is 0. The van der Waals surface area contributed by atoms with Gasteiger partial charge in [0.05, 0.1) is 16.7 Å². The van der Waals surface area contributed by atoms with Gasteiger partial charge < -0.3 is 5.32 Å². The highest BCUT2D eigenvalue weighted by atomic mass is 16.6. The second kappa shape index (κ2) is 5.30. The summed E-state index contributed by atoms with van der Waals surface area (Å²) in [6.07, 6.45) is 2.89. The molecule has 0 aliphatic rings. The first-order chi connectivity index (χ1) is 9.09. The number of carbonyl (C=O) groups excluding carboxylic acids is 1. The predicted octanol–water partition coefficient (Wildman–Crippen LogP) is 1.56. The molecule has 0 saturated heterocycles. The Morgan fingerprint density at radius 2 is 2.32 bits per heavy atom. The number of hydrogen-bond donors (Lipinski definition) is 2. The van der Waals surface area contributed by atoms with Crippen LogP contribution < -0.4 is 5.32 Å². The molecule has 2 rings (SSSR count). The maximum Gasteiger partial charge on any atom is 0.272 e. The van der Waals surface area contributed by atoms with E-state index in [9.17, 15) is 14.9 Å². The Kier molecular flexibility index (Phi) is 3.56. The summed E-state index contributed by atoms with van der Waals surface area (Å²) >= 11 is 0. The summed E-state index contributed by atoms with van der Waals surface area (Å²) in [5.41, 5.74) is 1.74. The van der Waals surface area contributed by atoms with E-state index in [1.165, 1.54) is 18.5 Å². The van der Waals surface area contributed by atoms with Crippen LogP contribution in [-0.4, -0.2) is 21.0 Å². The van der Waals surface area contributed by atoms with Crippen molar-refractivity contribution in [3.05, 3.63) is 57.4 Å². The number of aromatic nitrogens is 2. The van der Waals surface area contributed by atoms with Crippen LogP contribution in [0.2, 0.25) is 0 Å². The molecule has 7 heteroatoms. The molecule has 19 heavy (non-hydrogen) atoms. The first-order valence-corrected chi connectivity index (χ1v) is 5.59. The van der Waals surface area contributed by atoms with E-state index in [4.69, 9.17) is 0 Å². The van der Waals surface area contributed by atoms with Crippen molar-refractivity contribution in [2.75, 3.05) is 0 Å². The normalized spacial score (nSPS) is 10.2. The molecule has 0 atom stereocenters. The molecule has 0 bridgehead atoms. The van der Waals surface area contributed by atoms with Crippen molar-refractivity contribution in [1.82, 2.24) is 15.5 Å². The number of nitro groups is 1. The zero-order valence-electron chi connectivity index (χ0n) is 10.2. The summed E-state index contributed by atoms with van der Waals surface area (Å²) in [6, 6.07) is 4.79. The number of benzene rings is 1. The van der Waals surface area contributed by atoms with Crippen molar-refractivity contribution in [2.24, 2.45) is 0 Å². The maximum absolute atomic E-state index is 11.7. The van der Waals surface area contributed by atoms with Crippen LogP contribution in [0.1, 0.15) is 21.5 Å². The number of nitrogens with zero attached hydrogens (tertiary/aromatic N) is 2. The minimum absolute atomic E-state index is 0.0510. The van der Waals surface area contributed by atoms with E-state index < -0.39 is 4.92 Å². The lowest BCUT2D eigenvalue weighted by Gasteiger charge is -2.07. The van der Waals surface area contributed by atoms with Crippen molar-refractivity contribution in [3.8, 4) is 0 Å². The molecule has 1 aromatic heterocycles. The number of nitrogens with one attached hydrogen (secondary N) is 2. The number of amides is 1. The third kappa shape index (κ3) is 2.76. The lowest BCUT2D eigenvalue weighted by molar-refractivity contribution is -0.385. The summed E-state index contributed by atoms with van der Waals surface area (Å²) in [5, 5.41) is 19.7. The SMILES string of the molecule is Cc1c(CNC(=O)c2cn[nH]c2)cccc1[N+](=O)[O-]. The molecule has 2 aromatic rings. The smallest absolute Gasteiger partial charge is 0.272 e. The van der Waals surface area contributed by atoms with Crippen LogP contribution in [0.4, 0.5) is 5.69 Å². The predicted molar refractivity (Wildman–Crippen MR) is 67.6 cm³/mol. The fourth-order valence-corrected chi connectivity index (χ4v) is 1.71. The number of aromatic amines is 1. The summed E-state index contributed by atoms with van der Waals surface area (Å²) < 4.78 is 0. The van der Waals surface area contributed by atoms with Gasteiger partial charge in [-0.1, -0.05) is 12.1 Å². The zero-order valence-corrected chi connectivity index (χ0v) is 10.2. The Bertz CT molecular complexity index is 607. The molecule has 1 aromatic carbocycles. The molecule has 0 aliphatic carbocycles. The van der Waals surface area contributed by atoms with E-state index in [0.29, 0.717) is 16.7 Å². The molecule has 0 unspecified atom stereocenters. The summed E-state index contributed by atoms with van der Waals surface area (Å²) in [5.74, 6) is -0.278. The first-order valence-electron chi connectivity index (χ1n) is 5.59. The van der Waals surface area contributed by atoms with Crippen molar-refractivity contribution in [3.63, 3.8) is 0 Å². The van der Waals surface area contributed by atoms with Gasteiger partial charge in [0.1, 0.15) is 0 Å². The van der Waals surface area contributed by atoms with E-state index in [-0.39, 0.29) is 18.1 Å². The van der Waals surface area contributed by atoms with E-state index >= 15 is 0 Å². The molecule has 2 N–H and O–H groups in total. The van der Waals surface area contributed by atoms with Crippen molar-refractivity contribution < 1.29 is 9.72 Å². The fourth-order valence-electron chi connectivity index (χ4n) is 1.71. The van der Waals surface area contributed by atoms with Gasteiger partial charge in [0.25, 0.3) is 11.6 Å². The van der Waals surface area contributed by atoms with E-state index in [1.807, 2.05) is 0 Å². The van der Waals surface area contributed by atoms with Gasteiger partial charge in [-0.05, 0) is 12.5 Å². The lowest BCUT2D eigenvalue weighted by atomic mass is 10.1. The third-order valence-electron chi connectivity index (χ3n) is 2.81. The highest BCUT2D eigenvalue weighted by Crippen LogP contribution is 2.20. The highest BCUT2D eigenvalue weighted by Gasteiger charge is 2.14. The highest BCUT2D eigenvalue weighted by molar-refractivity contribution is 5.93. The summed E-state index contributed by atoms with van der Waals surface area (Å²) in [6.45, 7) is 1.90. The van der Waals surface area contributed by atoms with Gasteiger partial charge in [0.15, 0.2) is 0 Å². The van der Waals surface area contributed by atoms with E-state index in [0.717, 1.165) is 0 Å². The standard InChI is InChI=1S/C12H12N4O3/c1-8-9(3-2-4-11(8)16(18)19)5-13-12(17)10-6-14-15-7-10/h2-4,6-7H,5H2,1H3,(H,13,17)(H,14,15). The molecule has 98 valence electrons. The Morgan fingerprint density at radius 1 is 1.53 bits per heavy atom. The van der Waals surface area contributed by atoms with Gasteiger partial charge in [-0.15, -0.1) is 0 Å². The number of hydrogen-bond acceptors (Lipinski definition) is 4. The minimum Gasteiger partial charge on any atom is -0.348 e. The molecule has 0 aliphatic heterocycles. The van der Waals surface area contributed by atoms with E-state index in [1.54, 1.807) is 19.1 Å². The number of rotatable bonds is 4. The van der Waals surface area contributed by atoms with Crippen LogP contribution in [0.5, 0.6) is 0 Å². The Morgan fingerprint density at radius 3 is 2.95 bits per heavy atom. The van der Waals surface area contributed by atoms with Gasteiger partial charge in [-0.2, -0.15) is 5.10 Å². The molecule has 1 heterocycles. The molecule has 0 fully saturated rings. The lowest BCUT2D eigenvalue weighted by Crippen LogP contribution is -2.22. The third-order valence-corrected chi connectivity index (χ3v) is 2.81. The van der Waals surface area contributed by atoms with Crippen LogP contribution in [0.3, 0.4) is 0 Å². The summed E-state index contributed by atoms with van der Waals surface area (Å²) in [4.78, 5) is 22.1. The fraction of sp³-hybridized carbons (Fsp3) is 0.167. The monoisotopic (exact) mass is 260 g/mol. The van der Waals surface area contributed by atoms with Crippen LogP contribution in [-0.2, 0) is 6.54 Å². The molecule has 1 amide bonds. The second-order valence-electron chi connectivity index (χ2n) is 3.99. The van der Waals surface area contributed by atoms with Gasteiger partial charge in [0.2, 0.25) is 0 Å². The van der Waals surface area contributed by atoms with Crippen LogP contribution in [0.25, 0.3) is 0 Å². The number of carbonyl (C=O) groups is 1.